The van der Waals surface area contributed by atoms with Crippen molar-refractivity contribution in [3.63, 3.8) is 0 Å². The maximum atomic E-state index is 13.3. The molecule has 0 saturated heterocycles. The molecule has 0 aliphatic heterocycles. The number of carbonyl (C=O) groups excluding carboxylic acids is 1. The van der Waals surface area contributed by atoms with Gasteiger partial charge in [-0.25, -0.2) is 14.5 Å². The minimum Gasteiger partial charge on any atom is -0.493 e. The van der Waals surface area contributed by atoms with E-state index in [2.05, 4.69) is 20.1 Å². The number of hydrogen-bond acceptors (Lipinski definition) is 7. The van der Waals surface area contributed by atoms with E-state index in [1.165, 1.54) is 20.4 Å². The lowest BCUT2D eigenvalue weighted by molar-refractivity contribution is 0.0750. The van der Waals surface area contributed by atoms with Crippen molar-refractivity contribution in [2.75, 3.05) is 20.8 Å². The van der Waals surface area contributed by atoms with Crippen LogP contribution in [0.5, 0.6) is 11.5 Å². The second kappa shape index (κ2) is 8.29. The average Bonchev–Trinajstić information content (AvgIpc) is 3.20. The van der Waals surface area contributed by atoms with Crippen molar-refractivity contribution >= 4 is 22.5 Å². The standard InChI is InChI=1S/C22H24N6O4/c1-6-27(22(30)15-10-23-28-13(3)7-12(2)24-20(15)28)11-19-25-16-9-18(32-5)17(31-4)8-14(16)21(29)26-19/h7-10H,6,11H2,1-5H3,(H,25,26,29). The van der Waals surface area contributed by atoms with Gasteiger partial charge in [-0.3, -0.25) is 9.59 Å². The molecule has 32 heavy (non-hydrogen) atoms. The fraction of sp³-hybridized carbons (Fsp3) is 0.318. The van der Waals surface area contributed by atoms with Gasteiger partial charge in [0.2, 0.25) is 0 Å². The van der Waals surface area contributed by atoms with Gasteiger partial charge in [-0.15, -0.1) is 0 Å². The lowest BCUT2D eigenvalue weighted by Gasteiger charge is -2.20. The summed E-state index contributed by atoms with van der Waals surface area (Å²) in [5, 5.41) is 4.68. The Bertz CT molecular complexity index is 1390. The van der Waals surface area contributed by atoms with E-state index in [4.69, 9.17) is 9.47 Å². The average molecular weight is 436 g/mol. The number of nitrogens with zero attached hydrogens (tertiary/aromatic N) is 5. The molecule has 1 amide bonds. The zero-order valence-corrected chi connectivity index (χ0v) is 18.6. The summed E-state index contributed by atoms with van der Waals surface area (Å²) in [6.45, 7) is 6.18. The van der Waals surface area contributed by atoms with Crippen LogP contribution in [-0.2, 0) is 6.54 Å². The second-order valence-corrected chi connectivity index (χ2v) is 7.39. The third-order valence-electron chi connectivity index (χ3n) is 5.28. The van der Waals surface area contributed by atoms with Crippen molar-refractivity contribution in [1.82, 2.24) is 29.5 Å². The first-order valence-corrected chi connectivity index (χ1v) is 10.1. The highest BCUT2D eigenvalue weighted by Crippen LogP contribution is 2.30. The van der Waals surface area contributed by atoms with E-state index in [9.17, 15) is 9.59 Å². The molecule has 0 radical (unpaired) electrons. The van der Waals surface area contributed by atoms with Crippen LogP contribution in [0, 0.1) is 13.8 Å². The lowest BCUT2D eigenvalue weighted by atomic mass is 10.2. The number of methoxy groups -OCH3 is 2. The topological polar surface area (TPSA) is 115 Å². The smallest absolute Gasteiger partial charge is 0.259 e. The number of aromatic nitrogens is 5. The van der Waals surface area contributed by atoms with Crippen LogP contribution < -0.4 is 15.0 Å². The third-order valence-corrected chi connectivity index (χ3v) is 5.28. The number of ether oxygens (including phenoxy) is 2. The number of nitrogens with one attached hydrogen (secondary N) is 1. The molecule has 0 atom stereocenters. The summed E-state index contributed by atoms with van der Waals surface area (Å²) in [6, 6.07) is 5.13. The van der Waals surface area contributed by atoms with Crippen molar-refractivity contribution in [3.05, 3.63) is 57.5 Å². The summed E-state index contributed by atoms with van der Waals surface area (Å²) in [4.78, 5) is 39.3. The van der Waals surface area contributed by atoms with Crippen molar-refractivity contribution in [1.29, 1.82) is 0 Å². The molecule has 0 bridgehead atoms. The van der Waals surface area contributed by atoms with Gasteiger partial charge in [0.15, 0.2) is 17.1 Å². The van der Waals surface area contributed by atoms with Crippen LogP contribution in [0.3, 0.4) is 0 Å². The number of carbonyl (C=O) groups is 1. The predicted molar refractivity (Wildman–Crippen MR) is 118 cm³/mol. The fourth-order valence-corrected chi connectivity index (χ4v) is 3.69. The van der Waals surface area contributed by atoms with E-state index in [-0.39, 0.29) is 18.0 Å². The van der Waals surface area contributed by atoms with Crippen molar-refractivity contribution in [2.24, 2.45) is 0 Å². The molecule has 1 aromatic carbocycles. The van der Waals surface area contributed by atoms with Crippen LogP contribution in [0.2, 0.25) is 0 Å². The summed E-state index contributed by atoms with van der Waals surface area (Å²) in [5.74, 6) is 1.03. The molecule has 0 aliphatic rings. The number of hydrogen-bond donors (Lipinski definition) is 1. The molecular weight excluding hydrogens is 412 g/mol. The summed E-state index contributed by atoms with van der Waals surface area (Å²) in [5.41, 5.74) is 2.72. The Balaban J connectivity index is 1.71. The molecule has 4 aromatic rings. The van der Waals surface area contributed by atoms with Crippen molar-refractivity contribution in [3.8, 4) is 11.5 Å². The SMILES string of the molecule is CCN(Cc1nc2cc(OC)c(OC)cc2c(=O)[nH]1)C(=O)c1cnn2c(C)cc(C)nc12. The Morgan fingerprint density at radius 2 is 1.84 bits per heavy atom. The maximum Gasteiger partial charge on any atom is 0.259 e. The molecule has 0 unspecified atom stereocenters. The molecule has 10 nitrogen and oxygen atoms in total. The van der Waals surface area contributed by atoms with Crippen LogP contribution in [0.4, 0.5) is 0 Å². The molecule has 4 rings (SSSR count). The summed E-state index contributed by atoms with van der Waals surface area (Å²) >= 11 is 0. The molecule has 10 heteroatoms. The number of fused-ring (bicyclic) bond motifs is 2. The van der Waals surface area contributed by atoms with Crippen LogP contribution >= 0.6 is 0 Å². The maximum absolute atomic E-state index is 13.3. The van der Waals surface area contributed by atoms with Gasteiger partial charge in [-0.1, -0.05) is 0 Å². The Labute approximate surface area is 183 Å². The first kappa shape index (κ1) is 21.3. The quantitative estimate of drug-likeness (QED) is 0.493. The molecule has 0 aliphatic carbocycles. The molecule has 3 heterocycles. The Morgan fingerprint density at radius 1 is 1.12 bits per heavy atom. The first-order chi connectivity index (χ1) is 15.4. The van der Waals surface area contributed by atoms with Crippen LogP contribution in [-0.4, -0.2) is 56.1 Å². The molecule has 3 aromatic heterocycles. The highest BCUT2D eigenvalue weighted by atomic mass is 16.5. The number of amides is 1. The zero-order valence-electron chi connectivity index (χ0n) is 18.6. The number of aromatic amines is 1. The van der Waals surface area contributed by atoms with Gasteiger partial charge < -0.3 is 19.4 Å². The van der Waals surface area contributed by atoms with E-state index < -0.39 is 0 Å². The van der Waals surface area contributed by atoms with Crippen molar-refractivity contribution in [2.45, 2.75) is 27.3 Å². The molecule has 0 spiro atoms. The Kier molecular flexibility index (Phi) is 5.52. The fourth-order valence-electron chi connectivity index (χ4n) is 3.69. The van der Waals surface area contributed by atoms with E-state index in [1.54, 1.807) is 21.5 Å². The number of rotatable bonds is 6. The third kappa shape index (κ3) is 3.64. The summed E-state index contributed by atoms with van der Waals surface area (Å²) < 4.78 is 12.2. The predicted octanol–water partition coefficient (Wildman–Crippen LogP) is 2.26. The van der Waals surface area contributed by atoms with Gasteiger partial charge in [0.25, 0.3) is 11.5 Å². The summed E-state index contributed by atoms with van der Waals surface area (Å²) in [6.07, 6.45) is 1.52. The largest absolute Gasteiger partial charge is 0.493 e. The Morgan fingerprint density at radius 3 is 2.53 bits per heavy atom. The summed E-state index contributed by atoms with van der Waals surface area (Å²) in [7, 11) is 3.02. The zero-order chi connectivity index (χ0) is 23.0. The van der Waals surface area contributed by atoms with Crippen LogP contribution in [0.15, 0.2) is 29.2 Å². The van der Waals surface area contributed by atoms with E-state index in [1.807, 2.05) is 26.8 Å². The molecular formula is C22H24N6O4. The lowest BCUT2D eigenvalue weighted by Crippen LogP contribution is -2.32. The van der Waals surface area contributed by atoms with Crippen LogP contribution in [0.1, 0.15) is 34.5 Å². The minimum absolute atomic E-state index is 0.122. The van der Waals surface area contributed by atoms with Gasteiger partial charge in [-0.05, 0) is 32.9 Å². The monoisotopic (exact) mass is 436 g/mol. The highest BCUT2D eigenvalue weighted by molar-refractivity contribution is 5.99. The number of aryl methyl sites for hydroxylation is 2. The first-order valence-electron chi connectivity index (χ1n) is 10.1. The van der Waals surface area contributed by atoms with Gasteiger partial charge in [0.05, 0.1) is 37.9 Å². The van der Waals surface area contributed by atoms with Gasteiger partial charge in [-0.2, -0.15) is 5.10 Å². The normalized spacial score (nSPS) is 11.2. The van der Waals surface area contributed by atoms with E-state index >= 15 is 0 Å². The van der Waals surface area contributed by atoms with Gasteiger partial charge in [0, 0.05) is 24.0 Å². The molecule has 0 fully saturated rings. The van der Waals surface area contributed by atoms with Crippen molar-refractivity contribution < 1.29 is 14.3 Å². The van der Waals surface area contributed by atoms with E-state index in [0.717, 1.165) is 11.4 Å². The number of benzene rings is 1. The van der Waals surface area contributed by atoms with Gasteiger partial charge in [0.1, 0.15) is 11.4 Å². The van der Waals surface area contributed by atoms with Gasteiger partial charge >= 0.3 is 0 Å². The highest BCUT2D eigenvalue weighted by Gasteiger charge is 2.22. The number of H-pyrrole nitrogens is 1. The van der Waals surface area contributed by atoms with Crippen LogP contribution in [0.25, 0.3) is 16.6 Å². The van der Waals surface area contributed by atoms with E-state index in [0.29, 0.717) is 46.0 Å². The minimum atomic E-state index is -0.321. The molecule has 1 N–H and O–H groups in total. The second-order valence-electron chi connectivity index (χ2n) is 7.39. The molecule has 166 valence electrons. The molecule has 0 saturated carbocycles. The Hall–Kier alpha value is -3.95.